The largest absolute Gasteiger partial charge is 0.361 e. The summed E-state index contributed by atoms with van der Waals surface area (Å²) in [6.07, 6.45) is 1.47. The highest BCUT2D eigenvalue weighted by molar-refractivity contribution is 6.30. The fourth-order valence-corrected chi connectivity index (χ4v) is 5.02. The monoisotopic (exact) mass is 534 g/mol. The minimum absolute atomic E-state index is 0.0514. The lowest BCUT2D eigenvalue weighted by molar-refractivity contribution is -0.137. The van der Waals surface area contributed by atoms with Gasteiger partial charge in [0, 0.05) is 59.5 Å². The van der Waals surface area contributed by atoms with E-state index in [1.54, 1.807) is 42.5 Å². The molecule has 1 saturated carbocycles. The van der Waals surface area contributed by atoms with Gasteiger partial charge in [0.05, 0.1) is 11.5 Å². The Morgan fingerprint density at radius 3 is 2.39 bits per heavy atom. The van der Waals surface area contributed by atoms with Gasteiger partial charge in [0.1, 0.15) is 6.04 Å². The van der Waals surface area contributed by atoms with Crippen LogP contribution >= 0.6 is 11.6 Å². The third-order valence-corrected chi connectivity index (χ3v) is 7.15. The zero-order chi connectivity index (χ0) is 27.0. The second kappa shape index (κ2) is 10.2. The number of rotatable bonds is 5. The molecule has 194 valence electrons. The van der Waals surface area contributed by atoms with Gasteiger partial charge in [-0.25, -0.2) is 0 Å². The molecule has 0 bridgehead atoms. The SMILES string of the molecule is O=C1CCC(N2Cc3c(NC=C4C(=O)CC(C(=O)Nc5ccc(Cl)cc5)CC4=O)cccc3C2=O)C(=O)N1. The second-order valence-electron chi connectivity index (χ2n) is 9.38. The van der Waals surface area contributed by atoms with Gasteiger partial charge in [-0.15, -0.1) is 0 Å². The molecule has 0 aromatic heterocycles. The molecule has 0 spiro atoms. The molecule has 5 rings (SSSR count). The number of carbonyl (C=O) groups is 6. The molecular formula is C27H23ClN4O6. The molecule has 1 aliphatic carbocycles. The van der Waals surface area contributed by atoms with Crippen LogP contribution in [0, 0.1) is 5.92 Å². The van der Waals surface area contributed by atoms with E-state index in [-0.39, 0.29) is 49.6 Å². The maximum absolute atomic E-state index is 13.0. The lowest BCUT2D eigenvalue weighted by Crippen LogP contribution is -2.52. The van der Waals surface area contributed by atoms with Crippen LogP contribution in [-0.2, 0) is 30.5 Å². The van der Waals surface area contributed by atoms with E-state index in [1.807, 2.05) is 0 Å². The number of anilines is 2. The highest BCUT2D eigenvalue weighted by Crippen LogP contribution is 2.33. The van der Waals surface area contributed by atoms with Gasteiger partial charge in [0.2, 0.25) is 17.7 Å². The van der Waals surface area contributed by atoms with Crippen molar-refractivity contribution in [2.45, 2.75) is 38.3 Å². The van der Waals surface area contributed by atoms with Crippen LogP contribution < -0.4 is 16.0 Å². The molecule has 1 unspecified atom stereocenters. The van der Waals surface area contributed by atoms with Gasteiger partial charge in [-0.1, -0.05) is 17.7 Å². The Balaban J connectivity index is 1.27. The number of allylic oxidation sites excluding steroid dienone is 1. The summed E-state index contributed by atoms with van der Waals surface area (Å²) in [6.45, 7) is 0.141. The van der Waals surface area contributed by atoms with Crippen LogP contribution in [0.2, 0.25) is 5.02 Å². The highest BCUT2D eigenvalue weighted by Gasteiger charge is 2.40. The summed E-state index contributed by atoms with van der Waals surface area (Å²) in [5.74, 6) is -3.33. The first-order chi connectivity index (χ1) is 18.2. The van der Waals surface area contributed by atoms with E-state index in [9.17, 15) is 28.8 Å². The molecule has 1 atom stereocenters. The van der Waals surface area contributed by atoms with Gasteiger partial charge in [0.15, 0.2) is 11.6 Å². The summed E-state index contributed by atoms with van der Waals surface area (Å²) in [5.41, 5.74) is 2.00. The normalized spacial score (nSPS) is 21.2. The first-order valence-corrected chi connectivity index (χ1v) is 12.4. The number of imide groups is 1. The Hall–Kier alpha value is -4.31. The van der Waals surface area contributed by atoms with E-state index in [0.717, 1.165) is 0 Å². The van der Waals surface area contributed by atoms with Crippen LogP contribution in [0.15, 0.2) is 54.2 Å². The number of carbonyl (C=O) groups excluding carboxylic acids is 6. The number of Topliss-reactive ketones (excluding diaryl/α,β-unsaturated/α-hetero) is 2. The molecule has 4 amide bonds. The topological polar surface area (TPSA) is 142 Å². The van der Waals surface area contributed by atoms with Crippen molar-refractivity contribution in [3.8, 4) is 0 Å². The summed E-state index contributed by atoms with van der Waals surface area (Å²) in [6, 6.07) is 10.8. The summed E-state index contributed by atoms with van der Waals surface area (Å²) in [7, 11) is 0. The van der Waals surface area contributed by atoms with Crippen molar-refractivity contribution in [1.82, 2.24) is 10.2 Å². The van der Waals surface area contributed by atoms with Gasteiger partial charge in [0.25, 0.3) is 5.91 Å². The molecule has 2 aromatic rings. The number of nitrogens with one attached hydrogen (secondary N) is 3. The van der Waals surface area contributed by atoms with Gasteiger partial charge >= 0.3 is 0 Å². The smallest absolute Gasteiger partial charge is 0.255 e. The van der Waals surface area contributed by atoms with Crippen LogP contribution in [0.1, 0.15) is 41.6 Å². The first kappa shape index (κ1) is 25.3. The highest BCUT2D eigenvalue weighted by atomic mass is 35.5. The van der Waals surface area contributed by atoms with Crippen molar-refractivity contribution < 1.29 is 28.8 Å². The van der Waals surface area contributed by atoms with Gasteiger partial charge in [-0.3, -0.25) is 34.1 Å². The Bertz CT molecular complexity index is 1400. The molecule has 11 heteroatoms. The maximum Gasteiger partial charge on any atom is 0.255 e. The lowest BCUT2D eigenvalue weighted by atomic mass is 9.83. The van der Waals surface area contributed by atoms with Crippen molar-refractivity contribution in [3.05, 3.63) is 70.4 Å². The number of hydrogen-bond acceptors (Lipinski definition) is 7. The number of piperidine rings is 1. The number of amides is 4. The van der Waals surface area contributed by atoms with Crippen molar-refractivity contribution >= 4 is 58.2 Å². The molecular weight excluding hydrogens is 512 g/mol. The Morgan fingerprint density at radius 2 is 1.71 bits per heavy atom. The van der Waals surface area contributed by atoms with Crippen molar-refractivity contribution in [3.63, 3.8) is 0 Å². The predicted octanol–water partition coefficient (Wildman–Crippen LogP) is 2.58. The van der Waals surface area contributed by atoms with Crippen molar-refractivity contribution in [2.75, 3.05) is 10.6 Å². The number of benzene rings is 2. The van der Waals surface area contributed by atoms with Gasteiger partial charge in [-0.05, 0) is 42.8 Å². The standard InChI is InChI=1S/C27H23ClN4O6/c28-15-4-6-16(7-5-15)30-25(36)14-10-22(33)18(23(34)11-14)12-29-20-3-1-2-17-19(20)13-32(27(17)38)21-8-9-24(35)31-26(21)37/h1-7,12,14,21,29H,8-11,13H2,(H,30,36)(H,31,35,37). The molecule has 2 heterocycles. The average Bonchev–Trinajstić information content (AvgIpc) is 3.21. The van der Waals surface area contributed by atoms with E-state index in [0.29, 0.717) is 27.5 Å². The third-order valence-electron chi connectivity index (χ3n) is 6.90. The minimum atomic E-state index is -0.788. The fraction of sp³-hybridized carbons (Fsp3) is 0.259. The number of ketones is 2. The average molecular weight is 535 g/mol. The molecule has 1 saturated heterocycles. The van der Waals surface area contributed by atoms with Gasteiger partial charge < -0.3 is 15.5 Å². The number of fused-ring (bicyclic) bond motifs is 1. The molecule has 2 fully saturated rings. The van der Waals surface area contributed by atoms with E-state index in [4.69, 9.17) is 11.6 Å². The lowest BCUT2D eigenvalue weighted by Gasteiger charge is -2.29. The fourth-order valence-electron chi connectivity index (χ4n) is 4.89. The molecule has 3 N–H and O–H groups in total. The van der Waals surface area contributed by atoms with Crippen LogP contribution in [-0.4, -0.2) is 46.1 Å². The van der Waals surface area contributed by atoms with Gasteiger partial charge in [-0.2, -0.15) is 0 Å². The van der Waals surface area contributed by atoms with Crippen LogP contribution in [0.3, 0.4) is 0 Å². The number of halogens is 1. The van der Waals surface area contributed by atoms with Crippen LogP contribution in [0.25, 0.3) is 0 Å². The molecule has 0 radical (unpaired) electrons. The Kier molecular flexibility index (Phi) is 6.81. The molecule has 2 aromatic carbocycles. The predicted molar refractivity (Wildman–Crippen MR) is 137 cm³/mol. The third kappa shape index (κ3) is 4.95. The first-order valence-electron chi connectivity index (χ1n) is 12.1. The Morgan fingerprint density at radius 1 is 1.00 bits per heavy atom. The minimum Gasteiger partial charge on any atom is -0.361 e. The van der Waals surface area contributed by atoms with Crippen molar-refractivity contribution in [2.24, 2.45) is 5.92 Å². The summed E-state index contributed by atoms with van der Waals surface area (Å²) < 4.78 is 0. The summed E-state index contributed by atoms with van der Waals surface area (Å²) in [4.78, 5) is 76.4. The Labute approximate surface area is 222 Å². The van der Waals surface area contributed by atoms with Crippen LogP contribution in [0.4, 0.5) is 11.4 Å². The van der Waals surface area contributed by atoms with E-state index < -0.39 is 35.3 Å². The molecule has 10 nitrogen and oxygen atoms in total. The molecule has 2 aliphatic heterocycles. The van der Waals surface area contributed by atoms with Crippen LogP contribution in [0.5, 0.6) is 0 Å². The second-order valence-corrected chi connectivity index (χ2v) is 9.82. The number of hydrogen-bond donors (Lipinski definition) is 3. The molecule has 3 aliphatic rings. The van der Waals surface area contributed by atoms with E-state index >= 15 is 0 Å². The van der Waals surface area contributed by atoms with E-state index in [2.05, 4.69) is 16.0 Å². The quantitative estimate of drug-likeness (QED) is 0.304. The molecule has 38 heavy (non-hydrogen) atoms. The maximum atomic E-state index is 13.0. The number of nitrogens with zero attached hydrogens (tertiary/aromatic N) is 1. The van der Waals surface area contributed by atoms with Crippen molar-refractivity contribution in [1.29, 1.82) is 0 Å². The summed E-state index contributed by atoms with van der Waals surface area (Å²) in [5, 5.41) is 8.46. The zero-order valence-electron chi connectivity index (χ0n) is 20.1. The summed E-state index contributed by atoms with van der Waals surface area (Å²) >= 11 is 5.86. The zero-order valence-corrected chi connectivity index (χ0v) is 20.8. The van der Waals surface area contributed by atoms with E-state index in [1.165, 1.54) is 11.1 Å².